The number of imidazole rings is 1. The summed E-state index contributed by atoms with van der Waals surface area (Å²) in [6.45, 7) is 0.404. The molecule has 0 aliphatic carbocycles. The molecule has 1 aromatic carbocycles. The van der Waals surface area contributed by atoms with E-state index in [1.165, 1.54) is 6.07 Å². The maximum absolute atomic E-state index is 13.8. The van der Waals surface area contributed by atoms with E-state index >= 15 is 0 Å². The lowest BCUT2D eigenvalue weighted by atomic mass is 10.2. The van der Waals surface area contributed by atoms with Gasteiger partial charge in [-0.05, 0) is 6.07 Å². The number of aromatic amines is 1. The monoisotopic (exact) mass is 286 g/mol. The molecular weight excluding hydrogens is 271 g/mol. The Labute approximate surface area is 121 Å². The molecule has 0 radical (unpaired) electrons. The zero-order valence-corrected chi connectivity index (χ0v) is 11.8. The van der Waals surface area contributed by atoms with Crippen LogP contribution in [0.1, 0.15) is 5.56 Å². The van der Waals surface area contributed by atoms with E-state index in [4.69, 9.17) is 0 Å². The van der Waals surface area contributed by atoms with Gasteiger partial charge in [0, 0.05) is 26.2 Å². The van der Waals surface area contributed by atoms with E-state index in [2.05, 4.69) is 25.3 Å². The van der Waals surface area contributed by atoms with Gasteiger partial charge in [-0.3, -0.25) is 0 Å². The highest BCUT2D eigenvalue weighted by Crippen LogP contribution is 2.23. The molecule has 0 saturated carbocycles. The number of hydrogen-bond donors (Lipinski definition) is 2. The van der Waals surface area contributed by atoms with Crippen LogP contribution in [0.3, 0.4) is 0 Å². The van der Waals surface area contributed by atoms with Gasteiger partial charge in [0.2, 0.25) is 5.95 Å². The Hall–Kier alpha value is -2.70. The fourth-order valence-electron chi connectivity index (χ4n) is 2.16. The van der Waals surface area contributed by atoms with Crippen LogP contribution < -0.4 is 10.2 Å². The van der Waals surface area contributed by atoms with Gasteiger partial charge in [0.1, 0.15) is 11.3 Å². The summed E-state index contributed by atoms with van der Waals surface area (Å²) in [5, 5.41) is 2.90. The lowest BCUT2D eigenvalue weighted by Gasteiger charge is -2.19. The van der Waals surface area contributed by atoms with E-state index in [1.807, 2.05) is 18.0 Å². The molecule has 2 heterocycles. The third-order valence-electron chi connectivity index (χ3n) is 3.22. The van der Waals surface area contributed by atoms with Gasteiger partial charge in [0.25, 0.3) is 0 Å². The van der Waals surface area contributed by atoms with Crippen LogP contribution in [-0.2, 0) is 6.54 Å². The Kier molecular flexibility index (Phi) is 3.39. The third kappa shape index (κ3) is 2.49. The van der Waals surface area contributed by atoms with Crippen molar-refractivity contribution >= 4 is 22.9 Å². The average molecular weight is 286 g/mol. The first-order valence-electron chi connectivity index (χ1n) is 6.52. The maximum Gasteiger partial charge on any atom is 0.226 e. The van der Waals surface area contributed by atoms with Crippen LogP contribution in [0.15, 0.2) is 30.6 Å². The Morgan fingerprint density at radius 2 is 2.10 bits per heavy atom. The Morgan fingerprint density at radius 3 is 2.86 bits per heavy atom. The van der Waals surface area contributed by atoms with Crippen LogP contribution in [0, 0.1) is 5.82 Å². The largest absolute Gasteiger partial charge is 0.357 e. The normalized spacial score (nSPS) is 10.8. The van der Waals surface area contributed by atoms with Crippen molar-refractivity contribution < 1.29 is 4.39 Å². The minimum absolute atomic E-state index is 0.229. The number of halogens is 1. The highest BCUT2D eigenvalue weighted by atomic mass is 19.1. The summed E-state index contributed by atoms with van der Waals surface area (Å²) in [4.78, 5) is 17.7. The predicted octanol–water partition coefficient (Wildman–Crippen LogP) is 2.17. The van der Waals surface area contributed by atoms with E-state index in [0.717, 1.165) is 5.52 Å². The van der Waals surface area contributed by atoms with Gasteiger partial charge in [0.15, 0.2) is 11.5 Å². The molecule has 6 nitrogen and oxygen atoms in total. The van der Waals surface area contributed by atoms with E-state index in [-0.39, 0.29) is 5.82 Å². The van der Waals surface area contributed by atoms with E-state index in [0.29, 0.717) is 29.5 Å². The lowest BCUT2D eigenvalue weighted by molar-refractivity contribution is 0.607. The molecule has 0 unspecified atom stereocenters. The number of aromatic nitrogens is 4. The zero-order chi connectivity index (χ0) is 14.8. The SMILES string of the molecule is CNc1nc(N(C)Cc2ccccc2F)c2[nH]cnc2n1. The van der Waals surface area contributed by atoms with Gasteiger partial charge in [-0.1, -0.05) is 18.2 Å². The summed E-state index contributed by atoms with van der Waals surface area (Å²) >= 11 is 0. The summed E-state index contributed by atoms with van der Waals surface area (Å²) < 4.78 is 13.8. The second-order valence-corrected chi connectivity index (χ2v) is 4.67. The van der Waals surface area contributed by atoms with Gasteiger partial charge in [-0.15, -0.1) is 0 Å². The van der Waals surface area contributed by atoms with Crippen LogP contribution in [0.2, 0.25) is 0 Å². The van der Waals surface area contributed by atoms with E-state index in [9.17, 15) is 4.39 Å². The summed E-state index contributed by atoms with van der Waals surface area (Å²) in [7, 11) is 3.60. The quantitative estimate of drug-likeness (QED) is 0.769. The van der Waals surface area contributed by atoms with Crippen molar-refractivity contribution in [3.8, 4) is 0 Å². The second-order valence-electron chi connectivity index (χ2n) is 4.67. The maximum atomic E-state index is 13.8. The van der Waals surface area contributed by atoms with Gasteiger partial charge in [0.05, 0.1) is 6.33 Å². The van der Waals surface area contributed by atoms with E-state index < -0.39 is 0 Å². The first kappa shape index (κ1) is 13.3. The van der Waals surface area contributed by atoms with E-state index in [1.54, 1.807) is 25.5 Å². The topological polar surface area (TPSA) is 69.7 Å². The molecule has 0 atom stereocenters. The van der Waals surface area contributed by atoms with Crippen molar-refractivity contribution in [3.05, 3.63) is 42.0 Å². The molecule has 0 spiro atoms. The summed E-state index contributed by atoms with van der Waals surface area (Å²) in [6.07, 6.45) is 1.57. The lowest BCUT2D eigenvalue weighted by Crippen LogP contribution is -2.19. The summed E-state index contributed by atoms with van der Waals surface area (Å²) in [5.41, 5.74) is 1.91. The molecule has 0 bridgehead atoms. The van der Waals surface area contributed by atoms with Gasteiger partial charge >= 0.3 is 0 Å². The smallest absolute Gasteiger partial charge is 0.226 e. The van der Waals surface area contributed by atoms with Gasteiger partial charge in [-0.25, -0.2) is 9.37 Å². The molecule has 2 N–H and O–H groups in total. The second kappa shape index (κ2) is 5.35. The molecule has 0 aliphatic rings. The molecule has 0 aliphatic heterocycles. The zero-order valence-electron chi connectivity index (χ0n) is 11.8. The average Bonchev–Trinajstić information content (AvgIpc) is 2.96. The van der Waals surface area contributed by atoms with Crippen molar-refractivity contribution in [2.24, 2.45) is 0 Å². The van der Waals surface area contributed by atoms with Crippen LogP contribution in [0.5, 0.6) is 0 Å². The fourth-order valence-corrected chi connectivity index (χ4v) is 2.16. The molecule has 3 rings (SSSR count). The number of H-pyrrole nitrogens is 1. The number of benzene rings is 1. The molecule has 3 aromatic rings. The highest BCUT2D eigenvalue weighted by molar-refractivity contribution is 5.84. The number of hydrogen-bond acceptors (Lipinski definition) is 5. The van der Waals surface area contributed by atoms with Gasteiger partial charge in [-0.2, -0.15) is 9.97 Å². The van der Waals surface area contributed by atoms with Crippen molar-refractivity contribution in [2.75, 3.05) is 24.3 Å². The summed E-state index contributed by atoms with van der Waals surface area (Å²) in [6, 6.07) is 6.71. The first-order chi connectivity index (χ1) is 10.2. The van der Waals surface area contributed by atoms with Crippen molar-refractivity contribution in [2.45, 2.75) is 6.54 Å². The minimum atomic E-state index is -0.229. The molecule has 21 heavy (non-hydrogen) atoms. The minimum Gasteiger partial charge on any atom is -0.357 e. The highest BCUT2D eigenvalue weighted by Gasteiger charge is 2.14. The Bertz CT molecular complexity index is 769. The molecule has 0 fully saturated rings. The number of anilines is 2. The third-order valence-corrected chi connectivity index (χ3v) is 3.22. The molecular formula is C14H15FN6. The van der Waals surface area contributed by atoms with Crippen molar-refractivity contribution in [3.63, 3.8) is 0 Å². The van der Waals surface area contributed by atoms with Crippen LogP contribution in [0.25, 0.3) is 11.2 Å². The molecule has 0 amide bonds. The Morgan fingerprint density at radius 1 is 1.29 bits per heavy atom. The number of nitrogens with one attached hydrogen (secondary N) is 2. The number of nitrogens with zero attached hydrogens (tertiary/aromatic N) is 4. The molecule has 7 heteroatoms. The first-order valence-corrected chi connectivity index (χ1v) is 6.52. The van der Waals surface area contributed by atoms with Crippen LogP contribution >= 0.6 is 0 Å². The Balaban J connectivity index is 1.99. The van der Waals surface area contributed by atoms with Crippen LogP contribution in [-0.4, -0.2) is 34.0 Å². The molecule has 108 valence electrons. The molecule has 0 saturated heterocycles. The summed E-state index contributed by atoms with van der Waals surface area (Å²) in [5.74, 6) is 0.920. The standard InChI is InChI=1S/C14H15FN6/c1-16-14-19-12-11(17-8-18-12)13(20-14)21(2)7-9-5-3-4-6-10(9)15/h3-6,8H,7H2,1-2H3,(H2,16,17,18,19,20). The predicted molar refractivity (Wildman–Crippen MR) is 79.7 cm³/mol. The number of fused-ring (bicyclic) bond motifs is 1. The molecule has 2 aromatic heterocycles. The van der Waals surface area contributed by atoms with Gasteiger partial charge < -0.3 is 15.2 Å². The van der Waals surface area contributed by atoms with Crippen molar-refractivity contribution in [1.29, 1.82) is 0 Å². The fraction of sp³-hybridized carbons (Fsp3) is 0.214. The van der Waals surface area contributed by atoms with Crippen molar-refractivity contribution in [1.82, 2.24) is 19.9 Å². The van der Waals surface area contributed by atoms with Crippen LogP contribution in [0.4, 0.5) is 16.2 Å². The number of rotatable bonds is 4.